The first-order chi connectivity index (χ1) is 9.69. The quantitative estimate of drug-likeness (QED) is 0.909. The van der Waals surface area contributed by atoms with E-state index in [-0.39, 0.29) is 5.91 Å². The van der Waals surface area contributed by atoms with Crippen molar-refractivity contribution in [1.82, 2.24) is 5.32 Å². The highest BCUT2D eigenvalue weighted by molar-refractivity contribution is 5.94. The minimum Gasteiger partial charge on any atom is -0.380 e. The van der Waals surface area contributed by atoms with Crippen LogP contribution < -0.4 is 5.32 Å². The van der Waals surface area contributed by atoms with Gasteiger partial charge in [-0.05, 0) is 29.3 Å². The van der Waals surface area contributed by atoms with Crippen LogP contribution in [0.4, 0.5) is 4.39 Å². The molecule has 0 atom stereocenters. The van der Waals surface area contributed by atoms with Crippen LogP contribution in [0.25, 0.3) is 0 Å². The Morgan fingerprint density at radius 3 is 2.65 bits per heavy atom. The van der Waals surface area contributed by atoms with Crippen molar-refractivity contribution in [3.63, 3.8) is 0 Å². The second-order valence-electron chi connectivity index (χ2n) is 4.45. The molecule has 0 fully saturated rings. The molecule has 2 rings (SSSR count). The zero-order valence-electron chi connectivity index (χ0n) is 11.2. The van der Waals surface area contributed by atoms with Crippen LogP contribution in [0.2, 0.25) is 0 Å². The van der Waals surface area contributed by atoms with Crippen molar-refractivity contribution < 1.29 is 13.9 Å². The molecule has 104 valence electrons. The lowest BCUT2D eigenvalue weighted by Crippen LogP contribution is -2.22. The molecule has 0 radical (unpaired) electrons. The van der Waals surface area contributed by atoms with Crippen LogP contribution in [0.3, 0.4) is 0 Å². The second-order valence-corrected chi connectivity index (χ2v) is 4.45. The Morgan fingerprint density at radius 1 is 1.15 bits per heavy atom. The maximum atomic E-state index is 13.0. The Hall–Kier alpha value is -2.20. The molecule has 0 unspecified atom stereocenters. The summed E-state index contributed by atoms with van der Waals surface area (Å²) in [5.41, 5.74) is 2.34. The minimum atomic E-state index is -0.417. The van der Waals surface area contributed by atoms with Gasteiger partial charge in [0.25, 0.3) is 5.91 Å². The van der Waals surface area contributed by atoms with Crippen LogP contribution in [0.15, 0.2) is 48.5 Å². The Labute approximate surface area is 117 Å². The highest BCUT2D eigenvalue weighted by Crippen LogP contribution is 2.07. The van der Waals surface area contributed by atoms with E-state index in [0.717, 1.165) is 11.1 Å². The van der Waals surface area contributed by atoms with Crippen molar-refractivity contribution in [2.24, 2.45) is 0 Å². The predicted molar refractivity (Wildman–Crippen MR) is 74.7 cm³/mol. The van der Waals surface area contributed by atoms with Gasteiger partial charge in [0, 0.05) is 19.2 Å². The Kier molecular flexibility index (Phi) is 4.85. The molecule has 0 aliphatic carbocycles. The maximum absolute atomic E-state index is 13.0. The number of ether oxygens (including phenoxy) is 1. The fourth-order valence-electron chi connectivity index (χ4n) is 1.91. The van der Waals surface area contributed by atoms with Crippen molar-refractivity contribution in [1.29, 1.82) is 0 Å². The highest BCUT2D eigenvalue weighted by atomic mass is 19.1. The lowest BCUT2D eigenvalue weighted by atomic mass is 10.1. The van der Waals surface area contributed by atoms with E-state index in [1.54, 1.807) is 13.2 Å². The molecule has 4 heteroatoms. The Bertz CT molecular complexity index is 599. The number of carbonyl (C=O) groups excluding carboxylic acids is 1. The van der Waals surface area contributed by atoms with Gasteiger partial charge in [-0.3, -0.25) is 4.79 Å². The number of nitrogens with one attached hydrogen (secondary N) is 1. The number of carbonyl (C=O) groups is 1. The molecule has 3 nitrogen and oxygen atoms in total. The molecule has 0 aliphatic heterocycles. The van der Waals surface area contributed by atoms with E-state index in [1.165, 1.54) is 18.2 Å². The van der Waals surface area contributed by atoms with E-state index in [2.05, 4.69) is 5.32 Å². The summed E-state index contributed by atoms with van der Waals surface area (Å²) in [4.78, 5) is 11.9. The van der Waals surface area contributed by atoms with Crippen molar-refractivity contribution in [3.05, 3.63) is 71.0 Å². The standard InChI is InChI=1S/C16H16FNO2/c1-20-11-13-5-2-4-12(8-13)10-18-16(19)14-6-3-7-15(17)9-14/h2-9H,10-11H2,1H3,(H,18,19). The van der Waals surface area contributed by atoms with E-state index in [9.17, 15) is 9.18 Å². The van der Waals surface area contributed by atoms with E-state index >= 15 is 0 Å². The van der Waals surface area contributed by atoms with Crippen molar-refractivity contribution in [2.45, 2.75) is 13.2 Å². The molecule has 0 spiro atoms. The van der Waals surface area contributed by atoms with Gasteiger partial charge in [0.2, 0.25) is 0 Å². The number of hydrogen-bond donors (Lipinski definition) is 1. The van der Waals surface area contributed by atoms with E-state index in [1.807, 2.05) is 24.3 Å². The van der Waals surface area contributed by atoms with Gasteiger partial charge in [0.1, 0.15) is 5.82 Å². The first kappa shape index (κ1) is 14.2. The normalized spacial score (nSPS) is 10.3. The van der Waals surface area contributed by atoms with E-state index in [0.29, 0.717) is 18.7 Å². The zero-order valence-corrected chi connectivity index (χ0v) is 11.2. The topological polar surface area (TPSA) is 38.3 Å². The first-order valence-corrected chi connectivity index (χ1v) is 6.29. The third-order valence-corrected chi connectivity index (χ3v) is 2.84. The summed E-state index contributed by atoms with van der Waals surface area (Å²) in [6.45, 7) is 0.929. The molecular formula is C16H16FNO2. The number of amides is 1. The molecule has 20 heavy (non-hydrogen) atoms. The van der Waals surface area contributed by atoms with Crippen molar-refractivity contribution >= 4 is 5.91 Å². The Morgan fingerprint density at radius 2 is 1.90 bits per heavy atom. The van der Waals surface area contributed by atoms with Gasteiger partial charge in [-0.2, -0.15) is 0 Å². The first-order valence-electron chi connectivity index (χ1n) is 6.29. The molecule has 1 N–H and O–H groups in total. The third kappa shape index (κ3) is 3.90. The average Bonchev–Trinajstić information content (AvgIpc) is 2.45. The molecule has 0 heterocycles. The van der Waals surface area contributed by atoms with Gasteiger partial charge in [-0.1, -0.05) is 30.3 Å². The van der Waals surface area contributed by atoms with Gasteiger partial charge < -0.3 is 10.1 Å². The molecular weight excluding hydrogens is 257 g/mol. The number of benzene rings is 2. The van der Waals surface area contributed by atoms with Crippen LogP contribution in [-0.4, -0.2) is 13.0 Å². The largest absolute Gasteiger partial charge is 0.380 e. The van der Waals surface area contributed by atoms with Crippen LogP contribution in [0, 0.1) is 5.82 Å². The number of methoxy groups -OCH3 is 1. The summed E-state index contributed by atoms with van der Waals surface area (Å²) in [7, 11) is 1.64. The zero-order chi connectivity index (χ0) is 14.4. The summed E-state index contributed by atoms with van der Waals surface area (Å²) < 4.78 is 18.1. The van der Waals surface area contributed by atoms with Crippen LogP contribution in [0.5, 0.6) is 0 Å². The SMILES string of the molecule is COCc1cccc(CNC(=O)c2cccc(F)c2)c1. The van der Waals surface area contributed by atoms with Crippen molar-refractivity contribution in [3.8, 4) is 0 Å². The monoisotopic (exact) mass is 273 g/mol. The van der Waals surface area contributed by atoms with E-state index in [4.69, 9.17) is 4.74 Å². The van der Waals surface area contributed by atoms with Gasteiger partial charge in [0.15, 0.2) is 0 Å². The van der Waals surface area contributed by atoms with Gasteiger partial charge in [-0.25, -0.2) is 4.39 Å². The van der Waals surface area contributed by atoms with Crippen LogP contribution in [0.1, 0.15) is 21.5 Å². The molecule has 2 aromatic rings. The van der Waals surface area contributed by atoms with Crippen molar-refractivity contribution in [2.75, 3.05) is 7.11 Å². The van der Waals surface area contributed by atoms with E-state index < -0.39 is 5.82 Å². The summed E-state index contributed by atoms with van der Waals surface area (Å²) in [6.07, 6.45) is 0. The predicted octanol–water partition coefficient (Wildman–Crippen LogP) is 2.90. The minimum absolute atomic E-state index is 0.290. The number of hydrogen-bond acceptors (Lipinski definition) is 2. The molecule has 0 saturated carbocycles. The van der Waals surface area contributed by atoms with Gasteiger partial charge >= 0.3 is 0 Å². The maximum Gasteiger partial charge on any atom is 0.251 e. The lowest BCUT2D eigenvalue weighted by Gasteiger charge is -2.07. The number of halogens is 1. The van der Waals surface area contributed by atoms with Crippen LogP contribution >= 0.6 is 0 Å². The summed E-state index contributed by atoms with van der Waals surface area (Å²) in [5.74, 6) is -0.707. The summed E-state index contributed by atoms with van der Waals surface area (Å²) in [5, 5.41) is 2.77. The summed E-state index contributed by atoms with van der Waals surface area (Å²) >= 11 is 0. The molecule has 0 aromatic heterocycles. The molecule has 1 amide bonds. The third-order valence-electron chi connectivity index (χ3n) is 2.84. The second kappa shape index (κ2) is 6.82. The molecule has 0 aliphatic rings. The smallest absolute Gasteiger partial charge is 0.251 e. The molecule has 2 aromatic carbocycles. The fraction of sp³-hybridized carbons (Fsp3) is 0.188. The van der Waals surface area contributed by atoms with Crippen LogP contribution in [-0.2, 0) is 17.9 Å². The summed E-state index contributed by atoms with van der Waals surface area (Å²) in [6, 6.07) is 13.4. The highest BCUT2D eigenvalue weighted by Gasteiger charge is 2.06. The van der Waals surface area contributed by atoms with Gasteiger partial charge in [0.05, 0.1) is 6.61 Å². The Balaban J connectivity index is 1.98. The lowest BCUT2D eigenvalue weighted by molar-refractivity contribution is 0.0950. The fourth-order valence-corrected chi connectivity index (χ4v) is 1.91. The van der Waals surface area contributed by atoms with Gasteiger partial charge in [-0.15, -0.1) is 0 Å². The number of rotatable bonds is 5. The molecule has 0 bridgehead atoms. The molecule has 0 saturated heterocycles. The average molecular weight is 273 g/mol.